The molecule has 0 amide bonds. The minimum atomic E-state index is 0.716. The molecule has 0 aliphatic heterocycles. The highest BCUT2D eigenvalue weighted by Crippen LogP contribution is 2.36. The number of nitrogens with zero attached hydrogens (tertiary/aromatic N) is 3. The van der Waals surface area contributed by atoms with Crippen molar-refractivity contribution in [1.29, 1.82) is 0 Å². The molecule has 0 atom stereocenters. The maximum absolute atomic E-state index is 4.27. The number of rotatable bonds is 6. The molecule has 21 heavy (non-hydrogen) atoms. The fourth-order valence-electron chi connectivity index (χ4n) is 1.83. The quantitative estimate of drug-likeness (QED) is 0.820. The molecule has 2 aromatic rings. The molecule has 0 radical (unpaired) electrons. The smallest absolute Gasteiger partial charge is 0.208 e. The topological polar surface area (TPSA) is 41.1 Å². The minimum Gasteiger partial charge on any atom is -0.353 e. The molecule has 0 spiro atoms. The van der Waals surface area contributed by atoms with Crippen molar-refractivity contribution in [2.24, 2.45) is 0 Å². The van der Waals surface area contributed by atoms with Gasteiger partial charge in [-0.25, -0.2) is 0 Å². The van der Waals surface area contributed by atoms with Gasteiger partial charge in [0.25, 0.3) is 0 Å². The number of benzene rings is 1. The average molecular weight is 385 g/mol. The van der Waals surface area contributed by atoms with Crippen LogP contribution in [0.1, 0.15) is 18.4 Å². The van der Waals surface area contributed by atoms with Gasteiger partial charge in [0.1, 0.15) is 0 Å². The number of halogens is 1. The van der Waals surface area contributed by atoms with Crippen LogP contribution in [-0.4, -0.2) is 30.3 Å². The molecule has 1 aliphatic carbocycles. The van der Waals surface area contributed by atoms with E-state index >= 15 is 0 Å². The summed E-state index contributed by atoms with van der Waals surface area (Å²) in [5.74, 6) is 0. The molecule has 3 rings (SSSR count). The van der Waals surface area contributed by atoms with Crippen LogP contribution in [0.2, 0.25) is 0 Å². The second-order valence-corrected chi connectivity index (χ2v) is 8.41. The van der Waals surface area contributed by atoms with Gasteiger partial charge < -0.3 is 10.2 Å². The van der Waals surface area contributed by atoms with Crippen LogP contribution >= 0.6 is 39.0 Å². The van der Waals surface area contributed by atoms with Gasteiger partial charge in [-0.05, 0) is 30.5 Å². The monoisotopic (exact) mass is 384 g/mol. The molecule has 0 unspecified atom stereocenters. The van der Waals surface area contributed by atoms with Crippen LogP contribution in [0, 0.1) is 0 Å². The number of nitrogens with one attached hydrogen (secondary N) is 1. The van der Waals surface area contributed by atoms with E-state index in [4.69, 9.17) is 0 Å². The van der Waals surface area contributed by atoms with Crippen LogP contribution in [0.25, 0.3) is 0 Å². The summed E-state index contributed by atoms with van der Waals surface area (Å²) in [6.07, 6.45) is 2.61. The summed E-state index contributed by atoms with van der Waals surface area (Å²) in [6.45, 7) is 0.916. The summed E-state index contributed by atoms with van der Waals surface area (Å²) in [5, 5.41) is 13.0. The highest BCUT2D eigenvalue weighted by molar-refractivity contribution is 9.10. The Hall–Kier alpha value is -0.630. The molecule has 1 aliphatic rings. The summed E-state index contributed by atoms with van der Waals surface area (Å²) in [6, 6.07) is 7.15. The second kappa shape index (κ2) is 6.64. The molecular weight excluding hydrogens is 368 g/mol. The molecule has 0 bridgehead atoms. The van der Waals surface area contributed by atoms with Crippen molar-refractivity contribution in [3.05, 3.63) is 28.2 Å². The van der Waals surface area contributed by atoms with Gasteiger partial charge in [-0.3, -0.25) is 0 Å². The largest absolute Gasteiger partial charge is 0.353 e. The molecular formula is C14H17BrN4S2. The lowest BCUT2D eigenvalue weighted by Crippen LogP contribution is -2.15. The van der Waals surface area contributed by atoms with Gasteiger partial charge in [-0.1, -0.05) is 45.1 Å². The predicted molar refractivity (Wildman–Crippen MR) is 92.4 cm³/mol. The first kappa shape index (κ1) is 15.3. The van der Waals surface area contributed by atoms with Crippen LogP contribution in [0.3, 0.4) is 0 Å². The molecule has 1 aromatic heterocycles. The van der Waals surface area contributed by atoms with E-state index < -0.39 is 0 Å². The summed E-state index contributed by atoms with van der Waals surface area (Å²) < 4.78 is 2.07. The first-order chi connectivity index (χ1) is 10.1. The zero-order chi connectivity index (χ0) is 14.8. The van der Waals surface area contributed by atoms with Crippen LogP contribution in [-0.2, 0) is 6.54 Å². The van der Waals surface area contributed by atoms with Crippen molar-refractivity contribution in [3.8, 4) is 0 Å². The summed E-state index contributed by atoms with van der Waals surface area (Å²) in [5.41, 5.74) is 1.32. The van der Waals surface area contributed by atoms with Gasteiger partial charge in [-0.15, -0.1) is 10.2 Å². The van der Waals surface area contributed by atoms with Gasteiger partial charge in [0.15, 0.2) is 4.34 Å². The minimum absolute atomic E-state index is 0.716. The van der Waals surface area contributed by atoms with E-state index in [9.17, 15) is 0 Å². The van der Waals surface area contributed by atoms with Crippen molar-refractivity contribution < 1.29 is 0 Å². The predicted octanol–water partition coefficient (Wildman–Crippen LogP) is 3.77. The Balaban J connectivity index is 1.76. The highest BCUT2D eigenvalue weighted by Gasteiger charge is 2.20. The SMILES string of the molecule is CN(C)c1nnc(Sc2cc(Br)ccc2CNC2CC2)s1. The molecule has 1 N–H and O–H groups in total. The van der Waals surface area contributed by atoms with Crippen LogP contribution in [0.5, 0.6) is 0 Å². The normalized spacial score (nSPS) is 14.4. The summed E-state index contributed by atoms with van der Waals surface area (Å²) in [7, 11) is 3.97. The first-order valence-electron chi connectivity index (χ1n) is 6.82. The fraction of sp³-hybridized carbons (Fsp3) is 0.429. The highest BCUT2D eigenvalue weighted by atomic mass is 79.9. The number of aromatic nitrogens is 2. The third-order valence-corrected chi connectivity index (χ3v) is 5.90. The van der Waals surface area contributed by atoms with Crippen molar-refractivity contribution in [1.82, 2.24) is 15.5 Å². The van der Waals surface area contributed by atoms with E-state index in [0.29, 0.717) is 6.04 Å². The maximum atomic E-state index is 4.27. The van der Waals surface area contributed by atoms with Gasteiger partial charge >= 0.3 is 0 Å². The number of hydrogen-bond acceptors (Lipinski definition) is 6. The molecule has 1 saturated carbocycles. The Morgan fingerprint density at radius 1 is 1.38 bits per heavy atom. The molecule has 1 heterocycles. The van der Waals surface area contributed by atoms with E-state index in [0.717, 1.165) is 20.5 Å². The Labute approximate surface area is 141 Å². The van der Waals surface area contributed by atoms with Gasteiger partial charge in [0.2, 0.25) is 5.13 Å². The molecule has 0 saturated heterocycles. The lowest BCUT2D eigenvalue weighted by atomic mass is 10.2. The average Bonchev–Trinajstić information content (AvgIpc) is 3.15. The second-order valence-electron chi connectivity index (χ2n) is 5.25. The first-order valence-corrected chi connectivity index (χ1v) is 9.25. The Kier molecular flexibility index (Phi) is 4.83. The zero-order valence-corrected chi connectivity index (χ0v) is 15.2. The molecule has 7 heteroatoms. The van der Waals surface area contributed by atoms with Gasteiger partial charge in [-0.2, -0.15) is 0 Å². The van der Waals surface area contributed by atoms with Crippen LogP contribution < -0.4 is 10.2 Å². The number of hydrogen-bond donors (Lipinski definition) is 1. The molecule has 112 valence electrons. The molecule has 4 nitrogen and oxygen atoms in total. The van der Waals surface area contributed by atoms with Crippen LogP contribution in [0.4, 0.5) is 5.13 Å². The van der Waals surface area contributed by atoms with Gasteiger partial charge in [0.05, 0.1) is 0 Å². The summed E-state index contributed by atoms with van der Waals surface area (Å²) in [4.78, 5) is 3.22. The Morgan fingerprint density at radius 3 is 2.86 bits per heavy atom. The van der Waals surface area contributed by atoms with Gasteiger partial charge in [0, 0.05) is 36.1 Å². The third-order valence-electron chi connectivity index (χ3n) is 3.16. The number of anilines is 1. The van der Waals surface area contributed by atoms with Crippen molar-refractivity contribution >= 4 is 44.2 Å². The maximum Gasteiger partial charge on any atom is 0.208 e. The third kappa shape index (κ3) is 4.18. The van der Waals surface area contributed by atoms with Crippen molar-refractivity contribution in [2.45, 2.75) is 34.7 Å². The van der Waals surface area contributed by atoms with E-state index in [1.807, 2.05) is 19.0 Å². The van der Waals surface area contributed by atoms with E-state index in [1.54, 1.807) is 23.1 Å². The molecule has 1 aromatic carbocycles. The van der Waals surface area contributed by atoms with E-state index in [2.05, 4.69) is 49.6 Å². The van der Waals surface area contributed by atoms with Crippen molar-refractivity contribution in [3.63, 3.8) is 0 Å². The van der Waals surface area contributed by atoms with E-state index in [1.165, 1.54) is 23.3 Å². The van der Waals surface area contributed by atoms with E-state index in [-0.39, 0.29) is 0 Å². The Morgan fingerprint density at radius 2 is 2.19 bits per heavy atom. The molecule has 1 fully saturated rings. The van der Waals surface area contributed by atoms with Crippen molar-refractivity contribution in [2.75, 3.05) is 19.0 Å². The van der Waals surface area contributed by atoms with Crippen LogP contribution in [0.15, 0.2) is 31.9 Å². The standard InChI is InChI=1S/C14H17BrN4S2/c1-19(2)13-17-18-14(21-13)20-12-7-10(15)4-3-9(12)8-16-11-5-6-11/h3-4,7,11,16H,5-6,8H2,1-2H3. The lowest BCUT2D eigenvalue weighted by molar-refractivity contribution is 0.680. The lowest BCUT2D eigenvalue weighted by Gasteiger charge is -2.09. The fourth-order valence-corrected chi connectivity index (χ4v) is 4.23. The Bertz CT molecular complexity index is 625. The summed E-state index contributed by atoms with van der Waals surface area (Å²) >= 11 is 6.86. The zero-order valence-electron chi connectivity index (χ0n) is 12.0.